The monoisotopic (exact) mass is 264 g/mol. The van der Waals surface area contributed by atoms with Gasteiger partial charge in [0.15, 0.2) is 0 Å². The maximum Gasteiger partial charge on any atom is 0.227 e. The first-order valence-electron chi connectivity index (χ1n) is 8.36. The molecule has 0 radical (unpaired) electrons. The molecule has 0 aromatic rings. The van der Waals surface area contributed by atoms with E-state index < -0.39 is 0 Å². The van der Waals surface area contributed by atoms with Crippen molar-refractivity contribution in [3.63, 3.8) is 0 Å². The average molecular weight is 264 g/mol. The molecule has 0 aromatic heterocycles. The first kappa shape index (κ1) is 13.4. The Morgan fingerprint density at radius 2 is 1.79 bits per heavy atom. The summed E-state index contributed by atoms with van der Waals surface area (Å²) in [6.45, 7) is 3.06. The number of hydrogen-bond donors (Lipinski definition) is 1. The van der Waals surface area contributed by atoms with E-state index >= 15 is 0 Å². The van der Waals surface area contributed by atoms with Crippen LogP contribution in [0.3, 0.4) is 0 Å². The molecule has 2 saturated carbocycles. The van der Waals surface area contributed by atoms with Crippen LogP contribution in [0.5, 0.6) is 0 Å². The fourth-order valence-corrected chi connectivity index (χ4v) is 3.75. The Morgan fingerprint density at radius 1 is 1.00 bits per heavy atom. The number of carbonyl (C=O) groups excluding carboxylic acids is 1. The largest absolute Gasteiger partial charge is 0.339 e. The van der Waals surface area contributed by atoms with Crippen LogP contribution in [-0.4, -0.2) is 36.5 Å². The molecule has 3 rings (SSSR count). The predicted molar refractivity (Wildman–Crippen MR) is 76.9 cm³/mol. The van der Waals surface area contributed by atoms with Gasteiger partial charge < -0.3 is 10.2 Å². The van der Waals surface area contributed by atoms with Gasteiger partial charge in [0.25, 0.3) is 0 Å². The van der Waals surface area contributed by atoms with E-state index in [2.05, 4.69) is 10.2 Å². The smallest absolute Gasteiger partial charge is 0.227 e. The van der Waals surface area contributed by atoms with Crippen molar-refractivity contribution in [3.8, 4) is 0 Å². The lowest BCUT2D eigenvalue weighted by Gasteiger charge is -2.33. The Labute approximate surface area is 117 Å². The normalized spacial score (nSPS) is 29.2. The highest BCUT2D eigenvalue weighted by molar-refractivity contribution is 5.79. The Bertz CT molecular complexity index is 302. The minimum absolute atomic E-state index is 0.262. The van der Waals surface area contributed by atoms with Gasteiger partial charge in [-0.15, -0.1) is 0 Å². The summed E-state index contributed by atoms with van der Waals surface area (Å²) in [6.07, 6.45) is 11.6. The molecule has 0 spiro atoms. The molecule has 0 unspecified atom stereocenters. The second kappa shape index (κ2) is 6.25. The van der Waals surface area contributed by atoms with E-state index in [0.29, 0.717) is 11.9 Å². The highest BCUT2D eigenvalue weighted by atomic mass is 16.2. The van der Waals surface area contributed by atoms with Gasteiger partial charge in [-0.2, -0.15) is 0 Å². The third-order valence-corrected chi connectivity index (χ3v) is 5.10. The third-order valence-electron chi connectivity index (χ3n) is 5.10. The minimum Gasteiger partial charge on any atom is -0.339 e. The Kier molecular flexibility index (Phi) is 4.42. The van der Waals surface area contributed by atoms with Crippen LogP contribution < -0.4 is 5.32 Å². The number of carbonyl (C=O) groups is 1. The second-order valence-electron chi connectivity index (χ2n) is 6.77. The van der Waals surface area contributed by atoms with Crippen molar-refractivity contribution in [2.45, 2.75) is 63.8 Å². The van der Waals surface area contributed by atoms with E-state index in [1.165, 1.54) is 51.4 Å². The van der Waals surface area contributed by atoms with E-state index in [1.807, 2.05) is 0 Å². The summed E-state index contributed by atoms with van der Waals surface area (Å²) in [5, 5.41) is 3.39. The summed E-state index contributed by atoms with van der Waals surface area (Å²) in [5.41, 5.74) is 0. The number of amides is 1. The van der Waals surface area contributed by atoms with Crippen LogP contribution in [0.1, 0.15) is 57.8 Å². The lowest BCUT2D eigenvalue weighted by atomic mass is 9.88. The van der Waals surface area contributed by atoms with Gasteiger partial charge in [-0.1, -0.05) is 19.3 Å². The quantitative estimate of drug-likeness (QED) is 0.846. The molecule has 0 bridgehead atoms. The van der Waals surface area contributed by atoms with E-state index in [-0.39, 0.29) is 5.92 Å². The van der Waals surface area contributed by atoms with Gasteiger partial charge >= 0.3 is 0 Å². The summed E-state index contributed by atoms with van der Waals surface area (Å²) in [4.78, 5) is 15.0. The zero-order chi connectivity index (χ0) is 13.1. The van der Waals surface area contributed by atoms with Gasteiger partial charge in [0, 0.05) is 19.1 Å². The van der Waals surface area contributed by atoms with Crippen molar-refractivity contribution in [2.75, 3.05) is 19.6 Å². The van der Waals surface area contributed by atoms with Crippen LogP contribution in [0.15, 0.2) is 0 Å². The summed E-state index contributed by atoms with van der Waals surface area (Å²) < 4.78 is 0. The fraction of sp³-hybridized carbons (Fsp3) is 0.938. The van der Waals surface area contributed by atoms with E-state index in [9.17, 15) is 4.79 Å². The molecule has 3 fully saturated rings. The SMILES string of the molecule is O=C([C@@H]1CCCNC1)N(CC1CCCCC1)C1CC1. The van der Waals surface area contributed by atoms with Crippen molar-refractivity contribution >= 4 is 5.91 Å². The van der Waals surface area contributed by atoms with Gasteiger partial charge in [0.1, 0.15) is 0 Å². The van der Waals surface area contributed by atoms with E-state index in [4.69, 9.17) is 0 Å². The van der Waals surface area contributed by atoms with Crippen molar-refractivity contribution in [1.29, 1.82) is 0 Å². The number of rotatable bonds is 4. The second-order valence-corrected chi connectivity index (χ2v) is 6.77. The number of hydrogen-bond acceptors (Lipinski definition) is 2. The molecular weight excluding hydrogens is 236 g/mol. The molecule has 1 saturated heterocycles. The molecule has 108 valence electrons. The summed E-state index contributed by atoms with van der Waals surface area (Å²) >= 11 is 0. The first-order chi connectivity index (χ1) is 9.34. The number of nitrogens with zero attached hydrogens (tertiary/aromatic N) is 1. The molecular formula is C16H28N2O. The Hall–Kier alpha value is -0.570. The molecule has 3 nitrogen and oxygen atoms in total. The molecule has 1 heterocycles. The van der Waals surface area contributed by atoms with Crippen molar-refractivity contribution < 1.29 is 4.79 Å². The lowest BCUT2D eigenvalue weighted by Crippen LogP contribution is -2.45. The van der Waals surface area contributed by atoms with Crippen molar-refractivity contribution in [2.24, 2.45) is 11.8 Å². The first-order valence-corrected chi connectivity index (χ1v) is 8.36. The summed E-state index contributed by atoms with van der Waals surface area (Å²) in [5.74, 6) is 1.51. The Balaban J connectivity index is 1.57. The number of piperidine rings is 1. The van der Waals surface area contributed by atoms with Crippen LogP contribution in [0.4, 0.5) is 0 Å². The molecule has 2 aliphatic carbocycles. The van der Waals surface area contributed by atoms with Crippen molar-refractivity contribution in [1.82, 2.24) is 10.2 Å². The van der Waals surface area contributed by atoms with Gasteiger partial charge in [0.2, 0.25) is 5.91 Å². The maximum atomic E-state index is 12.7. The summed E-state index contributed by atoms with van der Waals surface area (Å²) in [7, 11) is 0. The average Bonchev–Trinajstić information content (AvgIpc) is 3.31. The van der Waals surface area contributed by atoms with Crippen LogP contribution in [-0.2, 0) is 4.79 Å². The molecule has 19 heavy (non-hydrogen) atoms. The van der Waals surface area contributed by atoms with E-state index in [1.54, 1.807) is 0 Å². The van der Waals surface area contributed by atoms with Gasteiger partial charge in [-0.3, -0.25) is 4.79 Å². The molecule has 3 heteroatoms. The molecule has 1 N–H and O–H groups in total. The zero-order valence-corrected chi connectivity index (χ0v) is 12.1. The molecule has 1 atom stereocenters. The maximum absolute atomic E-state index is 12.7. The van der Waals surface area contributed by atoms with Crippen LogP contribution >= 0.6 is 0 Å². The molecule has 3 aliphatic rings. The van der Waals surface area contributed by atoms with Crippen molar-refractivity contribution in [3.05, 3.63) is 0 Å². The van der Waals surface area contributed by atoms with Crippen LogP contribution in [0, 0.1) is 11.8 Å². The zero-order valence-electron chi connectivity index (χ0n) is 12.1. The Morgan fingerprint density at radius 3 is 2.42 bits per heavy atom. The molecule has 1 amide bonds. The highest BCUT2D eigenvalue weighted by Gasteiger charge is 2.37. The topological polar surface area (TPSA) is 32.3 Å². The standard InChI is InChI=1S/C16H28N2O/c19-16(14-7-4-10-17-11-14)18(15-8-9-15)12-13-5-2-1-3-6-13/h13-15,17H,1-12H2/t14-/m1/s1. The lowest BCUT2D eigenvalue weighted by molar-refractivity contribution is -0.137. The third kappa shape index (κ3) is 3.50. The summed E-state index contributed by atoms with van der Waals surface area (Å²) in [6, 6.07) is 0.594. The van der Waals surface area contributed by atoms with E-state index in [0.717, 1.165) is 32.0 Å². The van der Waals surface area contributed by atoms with Crippen LogP contribution in [0.25, 0.3) is 0 Å². The van der Waals surface area contributed by atoms with Gasteiger partial charge in [0.05, 0.1) is 5.92 Å². The molecule has 0 aromatic carbocycles. The minimum atomic E-state index is 0.262. The fourth-order valence-electron chi connectivity index (χ4n) is 3.75. The highest BCUT2D eigenvalue weighted by Crippen LogP contribution is 2.33. The van der Waals surface area contributed by atoms with Gasteiger partial charge in [-0.25, -0.2) is 0 Å². The predicted octanol–water partition coefficient (Wildman–Crippen LogP) is 2.56. The number of nitrogens with one attached hydrogen (secondary N) is 1. The molecule has 1 aliphatic heterocycles. The van der Waals surface area contributed by atoms with Crippen LogP contribution in [0.2, 0.25) is 0 Å². The van der Waals surface area contributed by atoms with Gasteiger partial charge in [-0.05, 0) is 51.0 Å².